The van der Waals surface area contributed by atoms with Crippen molar-refractivity contribution in [1.82, 2.24) is 10.3 Å². The molecule has 19 heavy (non-hydrogen) atoms. The predicted octanol–water partition coefficient (Wildman–Crippen LogP) is 3.88. The van der Waals surface area contributed by atoms with Crippen molar-refractivity contribution in [1.29, 1.82) is 0 Å². The quantitative estimate of drug-likeness (QED) is 0.891. The third-order valence-corrected chi connectivity index (χ3v) is 4.30. The van der Waals surface area contributed by atoms with Crippen LogP contribution in [0.2, 0.25) is 0 Å². The van der Waals surface area contributed by atoms with Crippen molar-refractivity contribution < 1.29 is 5.11 Å². The first-order valence-corrected chi connectivity index (χ1v) is 7.33. The fraction of sp³-hybridized carbons (Fsp3) is 0.400. The maximum absolute atomic E-state index is 9.94. The van der Waals surface area contributed by atoms with E-state index in [1.54, 1.807) is 17.4 Å². The molecular formula is C15H20N2OS. The van der Waals surface area contributed by atoms with E-state index < -0.39 is 0 Å². The van der Waals surface area contributed by atoms with Gasteiger partial charge in [0.2, 0.25) is 0 Å². The molecule has 2 atom stereocenters. The smallest absolute Gasteiger partial charge is 0.120 e. The van der Waals surface area contributed by atoms with Crippen LogP contribution in [0.5, 0.6) is 5.75 Å². The average Bonchev–Trinajstić information content (AvgIpc) is 2.79. The van der Waals surface area contributed by atoms with Gasteiger partial charge in [0.15, 0.2) is 0 Å². The first-order valence-electron chi connectivity index (χ1n) is 6.45. The van der Waals surface area contributed by atoms with Gasteiger partial charge in [0.05, 0.1) is 6.04 Å². The Hall–Kier alpha value is -1.39. The zero-order valence-corrected chi connectivity index (χ0v) is 12.6. The van der Waals surface area contributed by atoms with Crippen LogP contribution in [0.25, 0.3) is 0 Å². The molecule has 4 heteroatoms. The van der Waals surface area contributed by atoms with E-state index in [-0.39, 0.29) is 12.1 Å². The van der Waals surface area contributed by atoms with Crippen LogP contribution in [0.15, 0.2) is 23.6 Å². The van der Waals surface area contributed by atoms with Gasteiger partial charge in [-0.3, -0.25) is 0 Å². The highest BCUT2D eigenvalue weighted by Crippen LogP contribution is 2.28. The minimum Gasteiger partial charge on any atom is -0.508 e. The molecule has 0 bridgehead atoms. The van der Waals surface area contributed by atoms with Gasteiger partial charge >= 0.3 is 0 Å². The second-order valence-corrected chi connectivity index (χ2v) is 5.89. The molecule has 0 spiro atoms. The molecule has 2 rings (SSSR count). The molecule has 2 aromatic rings. The third-order valence-electron chi connectivity index (χ3n) is 3.16. The number of nitrogens with zero attached hydrogens (tertiary/aromatic N) is 1. The average molecular weight is 276 g/mol. The highest BCUT2D eigenvalue weighted by Gasteiger charge is 2.16. The molecule has 2 N–H and O–H groups in total. The minimum absolute atomic E-state index is 0.0825. The number of phenols is 1. The second-order valence-electron chi connectivity index (χ2n) is 5.00. The first kappa shape index (κ1) is 14.0. The number of phenolic OH excluding ortho intramolecular Hbond substituents is 1. The van der Waals surface area contributed by atoms with E-state index in [1.807, 2.05) is 26.0 Å². The van der Waals surface area contributed by atoms with Crippen LogP contribution in [0, 0.1) is 13.8 Å². The summed E-state index contributed by atoms with van der Waals surface area (Å²) in [6.45, 7) is 8.19. The number of aromatic nitrogens is 1. The third kappa shape index (κ3) is 3.33. The zero-order chi connectivity index (χ0) is 14.0. The molecule has 102 valence electrons. The molecular weight excluding hydrogens is 256 g/mol. The lowest BCUT2D eigenvalue weighted by atomic mass is 10.0. The Bertz CT molecular complexity index is 565. The van der Waals surface area contributed by atoms with E-state index in [1.165, 1.54) is 0 Å². The molecule has 0 aliphatic rings. The maximum atomic E-state index is 9.94. The van der Waals surface area contributed by atoms with Gasteiger partial charge in [-0.25, -0.2) is 4.98 Å². The van der Waals surface area contributed by atoms with Crippen LogP contribution in [-0.4, -0.2) is 10.1 Å². The number of aromatic hydroxyl groups is 1. The lowest BCUT2D eigenvalue weighted by molar-refractivity contribution is 0.437. The second kappa shape index (κ2) is 5.72. The van der Waals surface area contributed by atoms with Crippen LogP contribution in [-0.2, 0) is 0 Å². The SMILES string of the molecule is Cc1ccc(O)c(C(C)NC(C)c2nc(C)cs2)c1. The van der Waals surface area contributed by atoms with Crippen molar-refractivity contribution in [3.05, 3.63) is 45.4 Å². The van der Waals surface area contributed by atoms with E-state index in [0.717, 1.165) is 21.8 Å². The molecule has 0 radical (unpaired) electrons. The van der Waals surface area contributed by atoms with E-state index in [0.29, 0.717) is 5.75 Å². The summed E-state index contributed by atoms with van der Waals surface area (Å²) in [4.78, 5) is 4.49. The molecule has 3 nitrogen and oxygen atoms in total. The summed E-state index contributed by atoms with van der Waals surface area (Å²) in [6.07, 6.45) is 0. The fourth-order valence-electron chi connectivity index (χ4n) is 2.13. The van der Waals surface area contributed by atoms with E-state index in [2.05, 4.69) is 29.5 Å². The van der Waals surface area contributed by atoms with Crippen LogP contribution in [0.3, 0.4) is 0 Å². The van der Waals surface area contributed by atoms with Gasteiger partial charge in [-0.1, -0.05) is 17.7 Å². The minimum atomic E-state index is 0.0825. The summed E-state index contributed by atoms with van der Waals surface area (Å²) in [7, 11) is 0. The van der Waals surface area contributed by atoms with Crippen LogP contribution < -0.4 is 5.32 Å². The van der Waals surface area contributed by atoms with Gasteiger partial charge in [0.1, 0.15) is 10.8 Å². The van der Waals surface area contributed by atoms with Gasteiger partial charge < -0.3 is 10.4 Å². The molecule has 0 saturated heterocycles. The Morgan fingerprint density at radius 2 is 1.95 bits per heavy atom. The Labute approximate surface area is 118 Å². The largest absolute Gasteiger partial charge is 0.508 e. The number of rotatable bonds is 4. The van der Waals surface area contributed by atoms with Gasteiger partial charge in [-0.15, -0.1) is 11.3 Å². The Morgan fingerprint density at radius 3 is 2.58 bits per heavy atom. The number of hydrogen-bond acceptors (Lipinski definition) is 4. The first-order chi connectivity index (χ1) is 8.97. The molecule has 0 amide bonds. The van der Waals surface area contributed by atoms with Gasteiger partial charge in [0, 0.05) is 22.7 Å². The molecule has 0 fully saturated rings. The summed E-state index contributed by atoms with van der Waals surface area (Å²) in [5, 5.41) is 16.6. The molecule has 2 unspecified atom stereocenters. The highest BCUT2D eigenvalue weighted by molar-refractivity contribution is 7.09. The molecule has 0 aliphatic heterocycles. The number of benzene rings is 1. The molecule has 1 heterocycles. The topological polar surface area (TPSA) is 45.1 Å². The number of aryl methyl sites for hydroxylation is 2. The van der Waals surface area contributed by atoms with Crippen molar-refractivity contribution in [3.63, 3.8) is 0 Å². The van der Waals surface area contributed by atoms with Crippen molar-refractivity contribution >= 4 is 11.3 Å². The number of thiazole rings is 1. The summed E-state index contributed by atoms with van der Waals surface area (Å²) in [6, 6.07) is 5.94. The Balaban J connectivity index is 2.12. The maximum Gasteiger partial charge on any atom is 0.120 e. The van der Waals surface area contributed by atoms with Crippen LogP contribution in [0.1, 0.15) is 47.8 Å². The molecule has 0 aliphatic carbocycles. The summed E-state index contributed by atoms with van der Waals surface area (Å²) in [5.74, 6) is 0.341. The van der Waals surface area contributed by atoms with Crippen molar-refractivity contribution in [3.8, 4) is 5.75 Å². The number of hydrogen-bond donors (Lipinski definition) is 2. The van der Waals surface area contributed by atoms with E-state index in [9.17, 15) is 5.11 Å². The van der Waals surface area contributed by atoms with Crippen LogP contribution >= 0.6 is 11.3 Å². The molecule has 0 saturated carbocycles. The van der Waals surface area contributed by atoms with Gasteiger partial charge in [0.25, 0.3) is 0 Å². The predicted molar refractivity (Wildman–Crippen MR) is 79.7 cm³/mol. The van der Waals surface area contributed by atoms with E-state index in [4.69, 9.17) is 0 Å². The van der Waals surface area contributed by atoms with Crippen molar-refractivity contribution in [2.45, 2.75) is 39.8 Å². The lowest BCUT2D eigenvalue weighted by Gasteiger charge is -2.20. The summed E-state index contributed by atoms with van der Waals surface area (Å²) < 4.78 is 0. The van der Waals surface area contributed by atoms with Gasteiger partial charge in [-0.05, 0) is 33.8 Å². The molecule has 1 aromatic carbocycles. The highest BCUT2D eigenvalue weighted by atomic mass is 32.1. The standard InChI is InChI=1S/C15H20N2OS/c1-9-5-6-14(18)13(7-9)11(3)17-12(4)15-16-10(2)8-19-15/h5-8,11-12,17-18H,1-4H3. The Kier molecular flexibility index (Phi) is 4.22. The normalized spacial score (nSPS) is 14.3. The monoisotopic (exact) mass is 276 g/mol. The van der Waals surface area contributed by atoms with Crippen molar-refractivity contribution in [2.75, 3.05) is 0 Å². The van der Waals surface area contributed by atoms with Crippen LogP contribution in [0.4, 0.5) is 0 Å². The fourth-order valence-corrected chi connectivity index (χ4v) is 2.94. The van der Waals surface area contributed by atoms with E-state index >= 15 is 0 Å². The lowest BCUT2D eigenvalue weighted by Crippen LogP contribution is -2.22. The van der Waals surface area contributed by atoms with Crippen molar-refractivity contribution in [2.24, 2.45) is 0 Å². The summed E-state index contributed by atoms with van der Waals surface area (Å²) >= 11 is 1.67. The summed E-state index contributed by atoms with van der Waals surface area (Å²) in [5.41, 5.74) is 3.14. The zero-order valence-electron chi connectivity index (χ0n) is 11.8. The number of nitrogens with one attached hydrogen (secondary N) is 1. The Morgan fingerprint density at radius 1 is 1.21 bits per heavy atom. The molecule has 1 aromatic heterocycles. The van der Waals surface area contributed by atoms with Gasteiger partial charge in [-0.2, -0.15) is 0 Å².